The normalized spacial score (nSPS) is 17.2. The van der Waals surface area contributed by atoms with Crippen molar-refractivity contribution in [3.05, 3.63) is 47.4 Å². The van der Waals surface area contributed by atoms with Crippen molar-refractivity contribution in [3.63, 3.8) is 0 Å². The minimum atomic E-state index is -0.260. The quantitative estimate of drug-likeness (QED) is 0.780. The predicted octanol–water partition coefficient (Wildman–Crippen LogP) is 3.37. The molecule has 2 aromatic rings. The predicted molar refractivity (Wildman–Crippen MR) is 109 cm³/mol. The average molecular weight is 401 g/mol. The number of nitrogens with one attached hydrogen (secondary N) is 1. The van der Waals surface area contributed by atoms with Gasteiger partial charge in [0.2, 0.25) is 5.91 Å². The van der Waals surface area contributed by atoms with E-state index in [9.17, 15) is 9.18 Å². The summed E-state index contributed by atoms with van der Waals surface area (Å²) < 4.78 is 12.9. The van der Waals surface area contributed by atoms with Gasteiger partial charge in [0.1, 0.15) is 5.82 Å². The number of anilines is 1. The van der Waals surface area contributed by atoms with E-state index >= 15 is 0 Å². The van der Waals surface area contributed by atoms with Crippen molar-refractivity contribution in [1.82, 2.24) is 15.5 Å². The lowest BCUT2D eigenvalue weighted by molar-refractivity contribution is -0.119. The molecule has 0 radical (unpaired) electrons. The van der Waals surface area contributed by atoms with Gasteiger partial charge in [0.15, 0.2) is 5.82 Å². The number of hydrogen-bond donors (Lipinski definition) is 1. The Balaban J connectivity index is 1.24. The van der Waals surface area contributed by atoms with Crippen LogP contribution in [0.5, 0.6) is 0 Å². The van der Waals surface area contributed by atoms with E-state index in [-0.39, 0.29) is 17.8 Å². The van der Waals surface area contributed by atoms with E-state index in [4.69, 9.17) is 0 Å². The summed E-state index contributed by atoms with van der Waals surface area (Å²) in [6.45, 7) is 1.76. The van der Waals surface area contributed by atoms with Crippen molar-refractivity contribution >= 4 is 23.5 Å². The van der Waals surface area contributed by atoms with Crippen LogP contribution in [-0.2, 0) is 17.6 Å². The molecule has 2 heterocycles. The van der Waals surface area contributed by atoms with E-state index in [1.807, 2.05) is 0 Å². The van der Waals surface area contributed by atoms with Crippen LogP contribution in [0.2, 0.25) is 0 Å². The molecule has 4 rings (SSSR count). The SMILES string of the molecule is O=C(CSc1ccc(F)cc1)NC1CCN(c2cc3c(nn2)CCCC3)CC1. The third-order valence-corrected chi connectivity index (χ3v) is 6.44. The zero-order valence-corrected chi connectivity index (χ0v) is 16.7. The Hall–Kier alpha value is -2.15. The van der Waals surface area contributed by atoms with Crippen LogP contribution in [0.15, 0.2) is 35.2 Å². The molecule has 28 heavy (non-hydrogen) atoms. The highest BCUT2D eigenvalue weighted by Crippen LogP contribution is 2.24. The molecule has 1 saturated heterocycles. The van der Waals surface area contributed by atoms with Gasteiger partial charge in [0.05, 0.1) is 11.4 Å². The van der Waals surface area contributed by atoms with E-state index in [0.717, 1.165) is 55.2 Å². The molecule has 0 bridgehead atoms. The maximum atomic E-state index is 12.9. The van der Waals surface area contributed by atoms with Crippen LogP contribution in [0.4, 0.5) is 10.2 Å². The summed E-state index contributed by atoms with van der Waals surface area (Å²) >= 11 is 1.43. The number of rotatable bonds is 5. The fraction of sp³-hybridized carbons (Fsp3) is 0.476. The highest BCUT2D eigenvalue weighted by molar-refractivity contribution is 8.00. The van der Waals surface area contributed by atoms with Crippen molar-refractivity contribution in [1.29, 1.82) is 0 Å². The molecule has 2 aliphatic rings. The molecule has 1 aromatic heterocycles. The van der Waals surface area contributed by atoms with Crippen LogP contribution in [0.3, 0.4) is 0 Å². The molecule has 148 valence electrons. The minimum Gasteiger partial charge on any atom is -0.355 e. The van der Waals surface area contributed by atoms with E-state index in [1.165, 1.54) is 42.3 Å². The van der Waals surface area contributed by atoms with Crippen molar-refractivity contribution in [3.8, 4) is 0 Å². The molecule has 7 heteroatoms. The number of aromatic nitrogens is 2. The van der Waals surface area contributed by atoms with Gasteiger partial charge in [-0.05, 0) is 74.4 Å². The van der Waals surface area contributed by atoms with Gasteiger partial charge >= 0.3 is 0 Å². The van der Waals surface area contributed by atoms with Gasteiger partial charge in [0.25, 0.3) is 0 Å². The van der Waals surface area contributed by atoms with Gasteiger partial charge in [-0.1, -0.05) is 0 Å². The summed E-state index contributed by atoms with van der Waals surface area (Å²) in [4.78, 5) is 15.4. The van der Waals surface area contributed by atoms with Crippen LogP contribution in [0.1, 0.15) is 36.9 Å². The Morgan fingerprint density at radius 3 is 2.68 bits per heavy atom. The molecule has 1 fully saturated rings. The first-order valence-electron chi connectivity index (χ1n) is 9.95. The molecule has 1 N–H and O–H groups in total. The standard InChI is InChI=1S/C21H25FN4OS/c22-16-5-7-18(8-6-16)28-14-21(27)23-17-9-11-26(12-10-17)20-13-15-3-1-2-4-19(15)24-25-20/h5-8,13,17H,1-4,9-12,14H2,(H,23,27). The smallest absolute Gasteiger partial charge is 0.230 e. The number of piperidine rings is 1. The summed E-state index contributed by atoms with van der Waals surface area (Å²) in [5, 5.41) is 12.0. The summed E-state index contributed by atoms with van der Waals surface area (Å²) in [5.41, 5.74) is 2.51. The molecular weight excluding hydrogens is 375 g/mol. The monoisotopic (exact) mass is 400 g/mol. The number of amides is 1. The largest absolute Gasteiger partial charge is 0.355 e. The van der Waals surface area contributed by atoms with Crippen molar-refractivity contribution in [2.24, 2.45) is 0 Å². The van der Waals surface area contributed by atoms with Crippen LogP contribution < -0.4 is 10.2 Å². The van der Waals surface area contributed by atoms with Crippen molar-refractivity contribution in [2.75, 3.05) is 23.7 Å². The molecule has 1 aromatic carbocycles. The van der Waals surface area contributed by atoms with Gasteiger partial charge in [-0.3, -0.25) is 4.79 Å². The van der Waals surface area contributed by atoms with E-state index in [1.54, 1.807) is 12.1 Å². The third kappa shape index (κ3) is 4.82. The number of carbonyl (C=O) groups is 1. The number of nitrogens with zero attached hydrogens (tertiary/aromatic N) is 3. The molecule has 1 amide bonds. The van der Waals surface area contributed by atoms with Gasteiger partial charge in [-0.25, -0.2) is 4.39 Å². The highest BCUT2D eigenvalue weighted by Gasteiger charge is 2.23. The fourth-order valence-electron chi connectivity index (χ4n) is 3.84. The Morgan fingerprint density at radius 2 is 1.89 bits per heavy atom. The first kappa shape index (κ1) is 19.2. The lowest BCUT2D eigenvalue weighted by Gasteiger charge is -2.33. The van der Waals surface area contributed by atoms with Crippen LogP contribution in [0, 0.1) is 5.82 Å². The number of hydrogen-bond acceptors (Lipinski definition) is 5. The maximum Gasteiger partial charge on any atom is 0.230 e. The Labute approximate surface area is 169 Å². The number of thioether (sulfide) groups is 1. The van der Waals surface area contributed by atoms with Gasteiger partial charge in [-0.2, -0.15) is 5.10 Å². The first-order chi connectivity index (χ1) is 13.7. The molecule has 5 nitrogen and oxygen atoms in total. The first-order valence-corrected chi connectivity index (χ1v) is 10.9. The van der Waals surface area contributed by atoms with E-state index in [0.29, 0.717) is 5.75 Å². The molecule has 0 atom stereocenters. The second kappa shape index (κ2) is 8.90. The summed E-state index contributed by atoms with van der Waals surface area (Å²) in [7, 11) is 0. The van der Waals surface area contributed by atoms with Crippen LogP contribution in [0.25, 0.3) is 0 Å². The maximum absolute atomic E-state index is 12.9. The van der Waals surface area contributed by atoms with Crippen LogP contribution in [-0.4, -0.2) is 41.0 Å². The molecule has 0 saturated carbocycles. The molecule has 1 aliphatic heterocycles. The Bertz CT molecular complexity index is 822. The molecular formula is C21H25FN4OS. The number of halogens is 1. The molecule has 1 aliphatic carbocycles. The minimum absolute atomic E-state index is 0.0290. The van der Waals surface area contributed by atoms with Gasteiger partial charge in [0, 0.05) is 24.0 Å². The zero-order valence-electron chi connectivity index (χ0n) is 15.9. The van der Waals surface area contributed by atoms with Gasteiger partial charge < -0.3 is 10.2 Å². The highest BCUT2D eigenvalue weighted by atomic mass is 32.2. The summed E-state index contributed by atoms with van der Waals surface area (Å²) in [6.07, 6.45) is 6.42. The number of benzene rings is 1. The lowest BCUT2D eigenvalue weighted by atomic mass is 9.96. The summed E-state index contributed by atoms with van der Waals surface area (Å²) in [5.74, 6) is 1.09. The topological polar surface area (TPSA) is 58.1 Å². The van der Waals surface area contributed by atoms with Crippen molar-refractivity contribution in [2.45, 2.75) is 49.5 Å². The second-order valence-corrected chi connectivity index (χ2v) is 8.50. The van der Waals surface area contributed by atoms with Crippen molar-refractivity contribution < 1.29 is 9.18 Å². The number of carbonyl (C=O) groups excluding carboxylic acids is 1. The van der Waals surface area contributed by atoms with E-state index in [2.05, 4.69) is 26.5 Å². The third-order valence-electron chi connectivity index (χ3n) is 5.42. The Morgan fingerprint density at radius 1 is 1.14 bits per heavy atom. The molecule has 0 spiro atoms. The van der Waals surface area contributed by atoms with Crippen LogP contribution >= 0.6 is 11.8 Å². The van der Waals surface area contributed by atoms with E-state index < -0.39 is 0 Å². The Kier molecular flexibility index (Phi) is 6.10. The average Bonchev–Trinajstić information content (AvgIpc) is 2.73. The summed E-state index contributed by atoms with van der Waals surface area (Å²) in [6, 6.07) is 8.64. The lowest BCUT2D eigenvalue weighted by Crippen LogP contribution is -2.45. The van der Waals surface area contributed by atoms with Gasteiger partial charge in [-0.15, -0.1) is 16.9 Å². The second-order valence-electron chi connectivity index (χ2n) is 7.45. The number of fused-ring (bicyclic) bond motifs is 1. The fourth-order valence-corrected chi connectivity index (χ4v) is 4.54. The zero-order chi connectivity index (χ0) is 19.3. The number of aryl methyl sites for hydroxylation is 2. The molecule has 0 unspecified atom stereocenters.